The van der Waals surface area contributed by atoms with Gasteiger partial charge in [0.25, 0.3) is 0 Å². The predicted octanol–water partition coefficient (Wildman–Crippen LogP) is -2.40. The number of carbonyl (C=O) groups is 5. The zero-order valence-corrected chi connectivity index (χ0v) is 21.4. The molecule has 0 spiro atoms. The molecule has 4 rings (SSSR count). The largest absolute Gasteiger partial charge is 0.547 e. The molecular formula is C24H25B2FN4O10. The lowest BCUT2D eigenvalue weighted by Gasteiger charge is -2.33. The number of aromatic carboxylic acids is 1. The van der Waals surface area contributed by atoms with E-state index in [0.29, 0.717) is 10.5 Å². The lowest BCUT2D eigenvalue weighted by Crippen LogP contribution is -2.60. The number of nitrogens with one attached hydrogen (secondary N) is 2. The van der Waals surface area contributed by atoms with Crippen molar-refractivity contribution in [3.05, 3.63) is 59.2 Å². The summed E-state index contributed by atoms with van der Waals surface area (Å²) in [5, 5.41) is 43.7. The zero-order valence-electron chi connectivity index (χ0n) is 21.4. The third-order valence-corrected chi connectivity index (χ3v) is 6.68. The van der Waals surface area contributed by atoms with E-state index >= 15 is 0 Å². The maximum absolute atomic E-state index is 13.5. The topological polar surface area (TPSA) is 206 Å². The van der Waals surface area contributed by atoms with Crippen molar-refractivity contribution >= 4 is 49.4 Å². The molecule has 0 aliphatic carbocycles. The quantitative estimate of drug-likeness (QED) is 0.147. The molecule has 2 aliphatic heterocycles. The van der Waals surface area contributed by atoms with Crippen LogP contribution < -0.4 is 20.8 Å². The first-order valence-corrected chi connectivity index (χ1v) is 12.4. The summed E-state index contributed by atoms with van der Waals surface area (Å²) in [4.78, 5) is 64.4. The predicted molar refractivity (Wildman–Crippen MR) is 139 cm³/mol. The number of piperazine rings is 1. The van der Waals surface area contributed by atoms with E-state index in [1.807, 2.05) is 0 Å². The Morgan fingerprint density at radius 1 is 1.10 bits per heavy atom. The molecule has 17 heteroatoms. The molecule has 0 aromatic heterocycles. The van der Waals surface area contributed by atoms with Crippen molar-refractivity contribution in [3.8, 4) is 5.75 Å². The van der Waals surface area contributed by atoms with Crippen LogP contribution in [0.3, 0.4) is 0 Å². The number of carbonyl (C=O) groups excluding carboxylic acids is 4. The van der Waals surface area contributed by atoms with Gasteiger partial charge in [-0.1, -0.05) is 36.4 Å². The molecule has 2 aromatic rings. The van der Waals surface area contributed by atoms with Crippen LogP contribution in [0.25, 0.3) is 0 Å². The van der Waals surface area contributed by atoms with Crippen LogP contribution in [0.1, 0.15) is 27.5 Å². The van der Waals surface area contributed by atoms with E-state index in [4.69, 9.17) is 4.65 Å². The third-order valence-electron chi connectivity index (χ3n) is 6.68. The molecular weight excluding hydrogens is 545 g/mol. The fourth-order valence-electron chi connectivity index (χ4n) is 4.53. The van der Waals surface area contributed by atoms with Crippen LogP contribution in [0.4, 0.5) is 9.18 Å². The summed E-state index contributed by atoms with van der Waals surface area (Å²) in [7, 11) is -3.46. The van der Waals surface area contributed by atoms with E-state index in [1.165, 1.54) is 36.4 Å². The molecule has 2 heterocycles. The molecule has 14 nitrogen and oxygen atoms in total. The summed E-state index contributed by atoms with van der Waals surface area (Å²) in [6, 6.07) is 6.99. The highest BCUT2D eigenvalue weighted by Crippen LogP contribution is 2.30. The third kappa shape index (κ3) is 6.32. The van der Waals surface area contributed by atoms with Gasteiger partial charge in [-0.15, -0.1) is 0 Å². The average molecular weight is 570 g/mol. The second-order valence-electron chi connectivity index (χ2n) is 9.29. The number of amides is 5. The second kappa shape index (κ2) is 12.4. The number of alkyl halides is 1. The maximum atomic E-state index is 13.5. The summed E-state index contributed by atoms with van der Waals surface area (Å²) in [6.45, 7) is -1.54. The fourth-order valence-corrected chi connectivity index (χ4v) is 4.53. The number of urea groups is 1. The smallest absolute Gasteiger partial charge is 0.534 e. The van der Waals surface area contributed by atoms with E-state index in [9.17, 15) is 48.5 Å². The van der Waals surface area contributed by atoms with Crippen molar-refractivity contribution in [1.29, 1.82) is 0 Å². The van der Waals surface area contributed by atoms with Gasteiger partial charge in [-0.3, -0.25) is 19.3 Å². The van der Waals surface area contributed by atoms with Gasteiger partial charge in [0.1, 0.15) is 18.5 Å². The van der Waals surface area contributed by atoms with E-state index in [-0.39, 0.29) is 48.4 Å². The molecule has 6 N–H and O–H groups in total. The van der Waals surface area contributed by atoms with Gasteiger partial charge >= 0.3 is 38.1 Å². The monoisotopic (exact) mass is 570 g/mol. The van der Waals surface area contributed by atoms with Gasteiger partial charge in [0.15, 0.2) is 0 Å². The van der Waals surface area contributed by atoms with Crippen LogP contribution in [0, 0.1) is 0 Å². The number of hydrogen-bond donors (Lipinski definition) is 6. The Labute approximate surface area is 233 Å². The van der Waals surface area contributed by atoms with Crippen molar-refractivity contribution in [2.24, 2.45) is 0 Å². The van der Waals surface area contributed by atoms with Crippen LogP contribution in [0.2, 0.25) is 0 Å². The summed E-state index contributed by atoms with van der Waals surface area (Å²) < 4.78 is 18.1. The van der Waals surface area contributed by atoms with Gasteiger partial charge in [-0.25, -0.2) is 14.0 Å². The Morgan fingerprint density at radius 2 is 1.80 bits per heavy atom. The first-order chi connectivity index (χ1) is 19.5. The van der Waals surface area contributed by atoms with Crippen molar-refractivity contribution in [2.45, 2.75) is 18.4 Å². The lowest BCUT2D eigenvalue weighted by atomic mass is 9.72. The molecule has 214 valence electrons. The molecule has 2 atom stereocenters. The Morgan fingerprint density at radius 3 is 2.44 bits per heavy atom. The molecule has 41 heavy (non-hydrogen) atoms. The highest BCUT2D eigenvalue weighted by atomic mass is 19.1. The number of rotatable bonds is 8. The van der Waals surface area contributed by atoms with E-state index in [0.717, 1.165) is 4.90 Å². The SMILES string of the molecule is O=C(O)c1cccc2c1OB(O)[C@@H](NC(=O)C(NC(=O)N1CCN(CCF)C(=O)C1=O)c1ccc(B(O)O)cc1)C2. The van der Waals surface area contributed by atoms with Gasteiger partial charge in [0.05, 0.1) is 11.5 Å². The zero-order chi connectivity index (χ0) is 29.8. The molecule has 1 fully saturated rings. The Balaban J connectivity index is 1.56. The van der Waals surface area contributed by atoms with Crippen molar-refractivity contribution in [1.82, 2.24) is 20.4 Å². The first kappa shape index (κ1) is 29.5. The molecule has 0 radical (unpaired) electrons. The summed E-state index contributed by atoms with van der Waals surface area (Å²) >= 11 is 0. The van der Waals surface area contributed by atoms with Crippen LogP contribution in [-0.2, 0) is 20.8 Å². The normalized spacial score (nSPS) is 17.4. The number of carboxylic acids is 1. The lowest BCUT2D eigenvalue weighted by molar-refractivity contribution is -0.153. The molecule has 0 saturated carbocycles. The number of halogens is 1. The summed E-state index contributed by atoms with van der Waals surface area (Å²) in [5.41, 5.74) is 0.465. The Kier molecular flexibility index (Phi) is 8.90. The van der Waals surface area contributed by atoms with Crippen LogP contribution >= 0.6 is 0 Å². The van der Waals surface area contributed by atoms with Gasteiger partial charge in [-0.05, 0) is 29.1 Å². The first-order valence-electron chi connectivity index (χ1n) is 12.4. The number of imide groups is 1. The van der Waals surface area contributed by atoms with Crippen LogP contribution in [0.5, 0.6) is 5.75 Å². The van der Waals surface area contributed by atoms with Crippen LogP contribution in [-0.4, -0.2) is 106 Å². The number of benzene rings is 2. The molecule has 1 saturated heterocycles. The fraction of sp³-hybridized carbons (Fsp3) is 0.292. The minimum absolute atomic E-state index is 0.0246. The minimum atomic E-state index is -1.81. The molecule has 2 aliphatic rings. The summed E-state index contributed by atoms with van der Waals surface area (Å²) in [6.07, 6.45) is -0.0246. The van der Waals surface area contributed by atoms with Gasteiger partial charge < -0.3 is 40.4 Å². The van der Waals surface area contributed by atoms with E-state index < -0.39 is 62.6 Å². The number of carboxylic acid groups (broad SMARTS) is 1. The van der Waals surface area contributed by atoms with Crippen molar-refractivity contribution in [3.63, 3.8) is 0 Å². The molecule has 2 aromatic carbocycles. The Hall–Kier alpha value is -4.47. The second-order valence-corrected chi connectivity index (χ2v) is 9.29. The van der Waals surface area contributed by atoms with Crippen LogP contribution in [0.15, 0.2) is 42.5 Å². The minimum Gasteiger partial charge on any atom is -0.534 e. The standard InChI is InChI=1S/C24H25B2FN4O10/c27-8-9-30-10-11-31(22(34)21(30)33)24(37)29-18(13-4-6-15(7-5-13)25(38)39)20(32)28-17-12-14-2-1-3-16(23(35)36)19(14)41-26(17)40/h1-7,17-18,38-40H,8-12H2,(H,28,32)(H,29,37)(H,35,36)/t17-,18?/m0/s1. The number of nitrogens with zero attached hydrogens (tertiary/aromatic N) is 2. The molecule has 0 bridgehead atoms. The molecule has 1 unspecified atom stereocenters. The number of fused-ring (bicyclic) bond motifs is 1. The highest BCUT2D eigenvalue weighted by Gasteiger charge is 2.41. The number of para-hydroxylation sites is 1. The number of hydrogen-bond acceptors (Lipinski definition) is 9. The van der Waals surface area contributed by atoms with Gasteiger partial charge in [0, 0.05) is 19.6 Å². The molecule has 5 amide bonds. The van der Waals surface area contributed by atoms with Gasteiger partial charge in [0.2, 0.25) is 5.91 Å². The summed E-state index contributed by atoms with van der Waals surface area (Å²) in [5.74, 6) is -5.54. The van der Waals surface area contributed by atoms with Crippen molar-refractivity contribution in [2.75, 3.05) is 26.3 Å². The van der Waals surface area contributed by atoms with E-state index in [1.54, 1.807) is 6.07 Å². The van der Waals surface area contributed by atoms with Crippen molar-refractivity contribution < 1.29 is 53.2 Å². The van der Waals surface area contributed by atoms with E-state index in [2.05, 4.69) is 10.6 Å². The maximum Gasteiger partial charge on any atom is 0.547 e. The average Bonchev–Trinajstić information content (AvgIpc) is 2.94. The van der Waals surface area contributed by atoms with Gasteiger partial charge in [-0.2, -0.15) is 0 Å². The Bertz CT molecular complexity index is 1360. The highest BCUT2D eigenvalue weighted by molar-refractivity contribution is 6.58.